The van der Waals surface area contributed by atoms with Crippen LogP contribution in [-0.2, 0) is 0 Å². The SMILES string of the molecule is Cc1ncccc1Oc1cc(Cl)cc(C(F)F)n1. The molecule has 0 aromatic carbocycles. The molecule has 0 amide bonds. The Morgan fingerprint density at radius 3 is 2.78 bits per heavy atom. The number of hydrogen-bond donors (Lipinski definition) is 0. The fraction of sp³-hybridized carbons (Fsp3) is 0.167. The maximum absolute atomic E-state index is 12.6. The summed E-state index contributed by atoms with van der Waals surface area (Å²) >= 11 is 5.73. The molecule has 18 heavy (non-hydrogen) atoms. The van der Waals surface area contributed by atoms with Crippen molar-refractivity contribution in [2.75, 3.05) is 0 Å². The zero-order valence-corrected chi connectivity index (χ0v) is 10.2. The first-order chi connectivity index (χ1) is 8.56. The fourth-order valence-electron chi connectivity index (χ4n) is 1.35. The summed E-state index contributed by atoms with van der Waals surface area (Å²) < 4.78 is 30.5. The molecule has 0 N–H and O–H groups in total. The van der Waals surface area contributed by atoms with E-state index in [0.29, 0.717) is 11.4 Å². The average Bonchev–Trinajstić information content (AvgIpc) is 2.31. The molecule has 0 aliphatic carbocycles. The van der Waals surface area contributed by atoms with Gasteiger partial charge in [-0.05, 0) is 25.1 Å². The van der Waals surface area contributed by atoms with Gasteiger partial charge in [-0.1, -0.05) is 11.6 Å². The molecule has 0 atom stereocenters. The minimum Gasteiger partial charge on any atom is -0.437 e. The van der Waals surface area contributed by atoms with Gasteiger partial charge in [0.2, 0.25) is 5.88 Å². The van der Waals surface area contributed by atoms with Crippen molar-refractivity contribution >= 4 is 11.6 Å². The molecule has 0 radical (unpaired) electrons. The molecule has 0 spiro atoms. The Hall–Kier alpha value is -1.75. The molecule has 0 saturated carbocycles. The van der Waals surface area contributed by atoms with Crippen LogP contribution in [0.25, 0.3) is 0 Å². The normalized spacial score (nSPS) is 10.7. The molecule has 2 rings (SSSR count). The van der Waals surface area contributed by atoms with Gasteiger partial charge in [0.15, 0.2) is 5.75 Å². The predicted molar refractivity (Wildman–Crippen MR) is 63.3 cm³/mol. The van der Waals surface area contributed by atoms with Crippen molar-refractivity contribution in [1.29, 1.82) is 0 Å². The van der Waals surface area contributed by atoms with Crippen molar-refractivity contribution in [3.8, 4) is 11.6 Å². The van der Waals surface area contributed by atoms with E-state index in [4.69, 9.17) is 16.3 Å². The van der Waals surface area contributed by atoms with Crippen LogP contribution in [0, 0.1) is 6.92 Å². The first-order valence-corrected chi connectivity index (χ1v) is 5.49. The van der Waals surface area contributed by atoms with E-state index >= 15 is 0 Å². The molecule has 6 heteroatoms. The molecular formula is C12H9ClF2N2O. The number of pyridine rings is 2. The van der Waals surface area contributed by atoms with Crippen LogP contribution in [0.4, 0.5) is 8.78 Å². The molecule has 0 fully saturated rings. The highest BCUT2D eigenvalue weighted by molar-refractivity contribution is 6.30. The summed E-state index contributed by atoms with van der Waals surface area (Å²) in [5.41, 5.74) is 0.219. The maximum atomic E-state index is 12.6. The molecule has 0 saturated heterocycles. The largest absolute Gasteiger partial charge is 0.437 e. The van der Waals surface area contributed by atoms with Crippen molar-refractivity contribution in [3.05, 3.63) is 46.9 Å². The number of ether oxygens (including phenoxy) is 1. The Kier molecular flexibility index (Phi) is 3.72. The first kappa shape index (κ1) is 12.7. The number of nitrogens with zero attached hydrogens (tertiary/aromatic N) is 2. The van der Waals surface area contributed by atoms with E-state index in [2.05, 4.69) is 9.97 Å². The molecule has 2 aromatic rings. The Balaban J connectivity index is 2.32. The van der Waals surface area contributed by atoms with Gasteiger partial charge in [-0.2, -0.15) is 0 Å². The van der Waals surface area contributed by atoms with Gasteiger partial charge in [0.25, 0.3) is 6.43 Å². The lowest BCUT2D eigenvalue weighted by molar-refractivity contribution is 0.145. The molecule has 0 aliphatic rings. The molecule has 3 nitrogen and oxygen atoms in total. The molecule has 2 aromatic heterocycles. The minimum atomic E-state index is -2.69. The predicted octanol–water partition coefficient (Wildman–Crippen LogP) is 4.17. The quantitative estimate of drug-likeness (QED) is 0.840. The van der Waals surface area contributed by atoms with E-state index in [0.717, 1.165) is 6.07 Å². The lowest BCUT2D eigenvalue weighted by Crippen LogP contribution is -1.96. The summed E-state index contributed by atoms with van der Waals surface area (Å²) in [6, 6.07) is 5.84. The van der Waals surface area contributed by atoms with Crippen molar-refractivity contribution in [2.45, 2.75) is 13.3 Å². The molecule has 0 aliphatic heterocycles. The van der Waals surface area contributed by atoms with E-state index in [-0.39, 0.29) is 10.9 Å². The molecule has 94 valence electrons. The molecular weight excluding hydrogens is 262 g/mol. The van der Waals surface area contributed by atoms with Gasteiger partial charge in [0.05, 0.1) is 5.69 Å². The maximum Gasteiger partial charge on any atom is 0.280 e. The second-order valence-corrected chi connectivity index (χ2v) is 3.97. The van der Waals surface area contributed by atoms with E-state index < -0.39 is 12.1 Å². The second-order valence-electron chi connectivity index (χ2n) is 3.54. The highest BCUT2D eigenvalue weighted by Gasteiger charge is 2.13. The van der Waals surface area contributed by atoms with Crippen LogP contribution in [0.3, 0.4) is 0 Å². The zero-order chi connectivity index (χ0) is 13.1. The van der Waals surface area contributed by atoms with Gasteiger partial charge >= 0.3 is 0 Å². The third kappa shape index (κ3) is 2.92. The lowest BCUT2D eigenvalue weighted by atomic mass is 10.3. The van der Waals surface area contributed by atoms with Crippen LogP contribution >= 0.6 is 11.6 Å². The van der Waals surface area contributed by atoms with Crippen LogP contribution in [-0.4, -0.2) is 9.97 Å². The first-order valence-electron chi connectivity index (χ1n) is 5.11. The number of rotatable bonds is 3. The van der Waals surface area contributed by atoms with Gasteiger partial charge in [0.1, 0.15) is 5.69 Å². The van der Waals surface area contributed by atoms with E-state index in [1.165, 1.54) is 6.07 Å². The summed E-state index contributed by atoms with van der Waals surface area (Å²) in [6.07, 6.45) is -1.08. The Labute approximate surface area is 107 Å². The molecule has 2 heterocycles. The number of aromatic nitrogens is 2. The highest BCUT2D eigenvalue weighted by Crippen LogP contribution is 2.28. The monoisotopic (exact) mass is 270 g/mol. The minimum absolute atomic E-state index is 0.0221. The summed E-state index contributed by atoms with van der Waals surface area (Å²) in [5.74, 6) is 0.474. The van der Waals surface area contributed by atoms with Gasteiger partial charge < -0.3 is 4.74 Å². The van der Waals surface area contributed by atoms with E-state index in [9.17, 15) is 8.78 Å². The number of aryl methyl sites for hydroxylation is 1. The van der Waals surface area contributed by atoms with Gasteiger partial charge in [-0.25, -0.2) is 13.8 Å². The van der Waals surface area contributed by atoms with Gasteiger partial charge in [0, 0.05) is 17.3 Å². The number of halogens is 3. The third-order valence-corrected chi connectivity index (χ3v) is 2.40. The van der Waals surface area contributed by atoms with Crippen LogP contribution in [0.15, 0.2) is 30.5 Å². The summed E-state index contributed by atoms with van der Waals surface area (Å²) in [7, 11) is 0. The molecule has 0 bridgehead atoms. The Morgan fingerprint density at radius 1 is 1.33 bits per heavy atom. The van der Waals surface area contributed by atoms with Crippen LogP contribution in [0.5, 0.6) is 11.6 Å². The highest BCUT2D eigenvalue weighted by atomic mass is 35.5. The van der Waals surface area contributed by atoms with Crippen molar-refractivity contribution in [3.63, 3.8) is 0 Å². The second kappa shape index (κ2) is 5.27. The van der Waals surface area contributed by atoms with Crippen molar-refractivity contribution < 1.29 is 13.5 Å². The van der Waals surface area contributed by atoms with Gasteiger partial charge in [-0.3, -0.25) is 4.98 Å². The third-order valence-electron chi connectivity index (χ3n) is 2.18. The summed E-state index contributed by atoms with van der Waals surface area (Å²) in [4.78, 5) is 7.71. The van der Waals surface area contributed by atoms with E-state index in [1.807, 2.05) is 0 Å². The zero-order valence-electron chi connectivity index (χ0n) is 9.40. The van der Waals surface area contributed by atoms with Gasteiger partial charge in [-0.15, -0.1) is 0 Å². The smallest absolute Gasteiger partial charge is 0.280 e. The summed E-state index contributed by atoms with van der Waals surface area (Å²) in [5, 5.41) is 0.150. The number of hydrogen-bond acceptors (Lipinski definition) is 3. The summed E-state index contributed by atoms with van der Waals surface area (Å²) in [6.45, 7) is 1.74. The number of alkyl halides is 2. The van der Waals surface area contributed by atoms with Crippen LogP contribution in [0.2, 0.25) is 5.02 Å². The van der Waals surface area contributed by atoms with Crippen molar-refractivity contribution in [2.24, 2.45) is 0 Å². The topological polar surface area (TPSA) is 35.0 Å². The van der Waals surface area contributed by atoms with Crippen molar-refractivity contribution in [1.82, 2.24) is 9.97 Å². The van der Waals surface area contributed by atoms with Crippen LogP contribution < -0.4 is 4.74 Å². The average molecular weight is 271 g/mol. The van der Waals surface area contributed by atoms with Crippen LogP contribution in [0.1, 0.15) is 17.8 Å². The van der Waals surface area contributed by atoms with E-state index in [1.54, 1.807) is 25.3 Å². The standard InChI is InChI=1S/C12H9ClF2N2O/c1-7-10(3-2-4-16-7)18-11-6-8(13)5-9(17-11)12(14)15/h2-6,12H,1H3. The Morgan fingerprint density at radius 2 is 2.11 bits per heavy atom. The molecule has 0 unspecified atom stereocenters. The fourth-order valence-corrected chi connectivity index (χ4v) is 1.55. The lowest BCUT2D eigenvalue weighted by Gasteiger charge is -2.08. The Bertz CT molecular complexity index is 564.